The Balaban J connectivity index is 2.80. The maximum Gasteiger partial charge on any atom is 0.323 e. The van der Waals surface area contributed by atoms with E-state index in [9.17, 15) is 0 Å². The molecule has 0 amide bonds. The van der Waals surface area contributed by atoms with Crippen LogP contribution in [-0.4, -0.2) is 46.4 Å². The van der Waals surface area contributed by atoms with Gasteiger partial charge in [-0.15, -0.1) is 0 Å². The SMILES string of the molecule is CCNc1nc(NCCO)nc(OCC)n1. The Kier molecular flexibility index (Phi) is 5.27. The van der Waals surface area contributed by atoms with Gasteiger partial charge >= 0.3 is 6.01 Å². The monoisotopic (exact) mass is 227 g/mol. The molecule has 1 aromatic rings. The third-order valence-electron chi connectivity index (χ3n) is 1.62. The molecule has 3 N–H and O–H groups in total. The van der Waals surface area contributed by atoms with Crippen LogP contribution in [0.25, 0.3) is 0 Å². The highest BCUT2D eigenvalue weighted by molar-refractivity contribution is 5.35. The molecule has 90 valence electrons. The summed E-state index contributed by atoms with van der Waals surface area (Å²) in [5, 5.41) is 14.5. The van der Waals surface area contributed by atoms with Crippen LogP contribution in [0.1, 0.15) is 13.8 Å². The summed E-state index contributed by atoms with van der Waals surface area (Å²) in [5.41, 5.74) is 0. The molecule has 0 bridgehead atoms. The van der Waals surface area contributed by atoms with Crippen LogP contribution in [0.5, 0.6) is 6.01 Å². The van der Waals surface area contributed by atoms with Crippen LogP contribution >= 0.6 is 0 Å². The Morgan fingerprint density at radius 3 is 2.38 bits per heavy atom. The minimum Gasteiger partial charge on any atom is -0.464 e. The molecule has 1 rings (SSSR count). The Hall–Kier alpha value is -1.63. The number of aromatic nitrogens is 3. The first-order valence-corrected chi connectivity index (χ1v) is 5.27. The molecule has 0 fully saturated rings. The molecule has 1 aromatic heterocycles. The van der Waals surface area contributed by atoms with Gasteiger partial charge < -0.3 is 20.5 Å². The number of anilines is 2. The fourth-order valence-corrected chi connectivity index (χ4v) is 1.03. The fraction of sp³-hybridized carbons (Fsp3) is 0.667. The van der Waals surface area contributed by atoms with Crippen molar-refractivity contribution in [2.75, 3.05) is 36.9 Å². The standard InChI is InChI=1S/C9H17N5O2/c1-3-10-7-12-8(11-5-6-15)14-9(13-7)16-4-2/h15H,3-6H2,1-2H3,(H2,10,11,12,13,14). The molecule has 0 radical (unpaired) electrons. The third kappa shape index (κ3) is 3.85. The van der Waals surface area contributed by atoms with Crippen molar-refractivity contribution in [3.63, 3.8) is 0 Å². The van der Waals surface area contributed by atoms with Crippen LogP contribution in [0, 0.1) is 0 Å². The van der Waals surface area contributed by atoms with Gasteiger partial charge in [-0.25, -0.2) is 0 Å². The van der Waals surface area contributed by atoms with Crippen LogP contribution in [0.15, 0.2) is 0 Å². The minimum atomic E-state index is 0.0200. The van der Waals surface area contributed by atoms with Gasteiger partial charge in [0.05, 0.1) is 13.2 Å². The Bertz CT molecular complexity index is 297. The zero-order valence-corrected chi connectivity index (χ0v) is 9.53. The van der Waals surface area contributed by atoms with Crippen molar-refractivity contribution >= 4 is 11.9 Å². The number of nitrogens with zero attached hydrogens (tertiary/aromatic N) is 3. The van der Waals surface area contributed by atoms with Crippen LogP contribution in [0.4, 0.5) is 11.9 Å². The normalized spacial score (nSPS) is 9.94. The van der Waals surface area contributed by atoms with E-state index >= 15 is 0 Å². The van der Waals surface area contributed by atoms with Crippen LogP contribution in [0.3, 0.4) is 0 Å². The largest absolute Gasteiger partial charge is 0.464 e. The minimum absolute atomic E-state index is 0.0200. The van der Waals surface area contributed by atoms with Gasteiger partial charge in [-0.05, 0) is 13.8 Å². The Morgan fingerprint density at radius 2 is 1.81 bits per heavy atom. The van der Waals surface area contributed by atoms with Crippen molar-refractivity contribution < 1.29 is 9.84 Å². The van der Waals surface area contributed by atoms with Crippen LogP contribution in [-0.2, 0) is 0 Å². The molecule has 0 saturated heterocycles. The summed E-state index contributed by atoms with van der Waals surface area (Å²) < 4.78 is 5.21. The lowest BCUT2D eigenvalue weighted by Gasteiger charge is -2.08. The van der Waals surface area contributed by atoms with E-state index in [2.05, 4.69) is 25.6 Å². The van der Waals surface area contributed by atoms with Gasteiger partial charge in [-0.1, -0.05) is 0 Å². The smallest absolute Gasteiger partial charge is 0.323 e. The molecular weight excluding hydrogens is 210 g/mol. The third-order valence-corrected chi connectivity index (χ3v) is 1.62. The second-order valence-electron chi connectivity index (χ2n) is 2.88. The molecule has 0 aliphatic rings. The average molecular weight is 227 g/mol. The van der Waals surface area contributed by atoms with E-state index in [0.717, 1.165) is 6.54 Å². The molecule has 0 aliphatic carbocycles. The van der Waals surface area contributed by atoms with E-state index in [1.54, 1.807) is 0 Å². The number of aliphatic hydroxyl groups excluding tert-OH is 1. The van der Waals surface area contributed by atoms with Crippen molar-refractivity contribution in [2.24, 2.45) is 0 Å². The summed E-state index contributed by atoms with van der Waals surface area (Å²) >= 11 is 0. The van der Waals surface area contributed by atoms with Gasteiger partial charge in [0.2, 0.25) is 11.9 Å². The fourth-order valence-electron chi connectivity index (χ4n) is 1.03. The first kappa shape index (κ1) is 12.4. The highest BCUT2D eigenvalue weighted by Crippen LogP contribution is 2.10. The second-order valence-corrected chi connectivity index (χ2v) is 2.88. The summed E-state index contributed by atoms with van der Waals surface area (Å²) in [6.45, 7) is 5.43. The second kappa shape index (κ2) is 6.78. The maximum absolute atomic E-state index is 8.69. The summed E-state index contributed by atoms with van der Waals surface area (Å²) in [7, 11) is 0. The van der Waals surface area contributed by atoms with Gasteiger partial charge in [-0.2, -0.15) is 15.0 Å². The molecule has 0 spiro atoms. The molecule has 0 unspecified atom stereocenters. The van der Waals surface area contributed by atoms with Crippen molar-refractivity contribution in [3.05, 3.63) is 0 Å². The van der Waals surface area contributed by atoms with Crippen LogP contribution in [0.2, 0.25) is 0 Å². The van der Waals surface area contributed by atoms with E-state index in [1.165, 1.54) is 0 Å². The topological polar surface area (TPSA) is 92.2 Å². The van der Waals surface area contributed by atoms with E-state index in [1.807, 2.05) is 13.8 Å². The van der Waals surface area contributed by atoms with Gasteiger partial charge in [0, 0.05) is 13.1 Å². The molecule has 16 heavy (non-hydrogen) atoms. The van der Waals surface area contributed by atoms with Gasteiger partial charge in [-0.3, -0.25) is 0 Å². The molecule has 0 aliphatic heterocycles. The lowest BCUT2D eigenvalue weighted by atomic mass is 10.7. The van der Waals surface area contributed by atoms with Crippen molar-refractivity contribution in [1.29, 1.82) is 0 Å². The Morgan fingerprint density at radius 1 is 1.12 bits per heavy atom. The quantitative estimate of drug-likeness (QED) is 0.608. The predicted molar refractivity (Wildman–Crippen MR) is 60.7 cm³/mol. The predicted octanol–water partition coefficient (Wildman–Crippen LogP) is 0.106. The summed E-state index contributed by atoms with van der Waals surface area (Å²) in [6, 6.07) is 0.272. The first-order chi connectivity index (χ1) is 7.80. The molecule has 7 nitrogen and oxygen atoms in total. The zero-order valence-electron chi connectivity index (χ0n) is 9.53. The molecule has 0 aromatic carbocycles. The molecule has 7 heteroatoms. The highest BCUT2D eigenvalue weighted by atomic mass is 16.5. The number of rotatable bonds is 7. The highest BCUT2D eigenvalue weighted by Gasteiger charge is 2.05. The van der Waals surface area contributed by atoms with Gasteiger partial charge in [0.15, 0.2) is 0 Å². The maximum atomic E-state index is 8.69. The van der Waals surface area contributed by atoms with E-state index in [-0.39, 0.29) is 12.6 Å². The van der Waals surface area contributed by atoms with E-state index < -0.39 is 0 Å². The molecule has 0 saturated carbocycles. The van der Waals surface area contributed by atoms with Crippen LogP contribution < -0.4 is 15.4 Å². The molecule has 1 heterocycles. The van der Waals surface area contributed by atoms with E-state index in [0.29, 0.717) is 25.0 Å². The first-order valence-electron chi connectivity index (χ1n) is 5.27. The summed E-state index contributed by atoms with van der Waals surface area (Å²) in [6.07, 6.45) is 0. The Labute approximate surface area is 94.3 Å². The number of ether oxygens (including phenoxy) is 1. The van der Waals surface area contributed by atoms with Crippen molar-refractivity contribution in [2.45, 2.75) is 13.8 Å². The summed E-state index contributed by atoms with van der Waals surface area (Å²) in [4.78, 5) is 12.2. The lowest BCUT2D eigenvalue weighted by molar-refractivity contribution is 0.307. The van der Waals surface area contributed by atoms with Crippen molar-refractivity contribution in [1.82, 2.24) is 15.0 Å². The average Bonchev–Trinajstić information content (AvgIpc) is 2.27. The van der Waals surface area contributed by atoms with Gasteiger partial charge in [0.25, 0.3) is 0 Å². The van der Waals surface area contributed by atoms with Crippen molar-refractivity contribution in [3.8, 4) is 6.01 Å². The zero-order chi connectivity index (χ0) is 11.8. The molecule has 0 atom stereocenters. The summed E-state index contributed by atoms with van der Waals surface area (Å²) in [5.74, 6) is 0.852. The lowest BCUT2D eigenvalue weighted by Crippen LogP contribution is -2.13. The van der Waals surface area contributed by atoms with E-state index in [4.69, 9.17) is 9.84 Å². The van der Waals surface area contributed by atoms with Gasteiger partial charge in [0.1, 0.15) is 0 Å². The number of hydrogen-bond acceptors (Lipinski definition) is 7. The molecular formula is C9H17N5O2. The number of hydrogen-bond donors (Lipinski definition) is 3. The number of aliphatic hydroxyl groups is 1. The number of nitrogens with one attached hydrogen (secondary N) is 2.